The quantitative estimate of drug-likeness (QED) is 0.790. The third kappa shape index (κ3) is 1.82. The van der Waals surface area contributed by atoms with E-state index in [9.17, 15) is 0 Å². The van der Waals surface area contributed by atoms with E-state index in [4.69, 9.17) is 4.99 Å². The van der Waals surface area contributed by atoms with Crippen molar-refractivity contribution in [3.8, 4) is 0 Å². The molecule has 3 rings (SSSR count). The molecule has 2 aliphatic heterocycles. The minimum absolute atomic E-state index is 0.410. The van der Waals surface area contributed by atoms with Gasteiger partial charge in [0, 0.05) is 12.1 Å². The molecule has 0 aromatic heterocycles. The summed E-state index contributed by atoms with van der Waals surface area (Å²) in [5, 5.41) is 0. The fraction of sp³-hybridized carbons (Fsp3) is 0.429. The van der Waals surface area contributed by atoms with Gasteiger partial charge < -0.3 is 9.80 Å². The normalized spacial score (nSPS) is 21.0. The van der Waals surface area contributed by atoms with Crippen molar-refractivity contribution >= 4 is 17.9 Å². The number of rotatable bonds is 2. The number of hydrogen-bond donors (Lipinski definition) is 0. The maximum Gasteiger partial charge on any atom is 0.138 e. The highest BCUT2D eigenvalue weighted by atomic mass is 15.3. The van der Waals surface area contributed by atoms with Gasteiger partial charge in [0.1, 0.15) is 5.84 Å². The lowest BCUT2D eigenvalue weighted by Gasteiger charge is -2.28. The molecule has 0 aliphatic carbocycles. The van der Waals surface area contributed by atoms with Crippen LogP contribution >= 0.6 is 0 Å². The van der Waals surface area contributed by atoms with E-state index >= 15 is 0 Å². The molecule has 0 saturated carbocycles. The van der Waals surface area contributed by atoms with Crippen LogP contribution in [0, 0.1) is 6.92 Å². The molecule has 0 spiro atoms. The van der Waals surface area contributed by atoms with Crippen LogP contribution in [0.5, 0.6) is 0 Å². The molecule has 0 saturated heterocycles. The van der Waals surface area contributed by atoms with Gasteiger partial charge in [0.05, 0.1) is 24.6 Å². The van der Waals surface area contributed by atoms with Crippen LogP contribution in [-0.2, 0) is 0 Å². The predicted molar refractivity (Wildman–Crippen MR) is 74.9 cm³/mol. The second-order valence-corrected chi connectivity index (χ2v) is 5.25. The average molecular weight is 242 g/mol. The van der Waals surface area contributed by atoms with Crippen molar-refractivity contribution in [3.63, 3.8) is 0 Å². The smallest absolute Gasteiger partial charge is 0.138 e. The van der Waals surface area contributed by atoms with E-state index < -0.39 is 0 Å². The largest absolute Gasteiger partial charge is 0.311 e. The van der Waals surface area contributed by atoms with E-state index in [0.717, 1.165) is 24.6 Å². The molecule has 94 valence electrons. The van der Waals surface area contributed by atoms with Gasteiger partial charge in [-0.05, 0) is 33.2 Å². The van der Waals surface area contributed by atoms with Crippen LogP contribution in [0.2, 0.25) is 0 Å². The lowest BCUT2D eigenvalue weighted by molar-refractivity contribution is 0.323. The maximum atomic E-state index is 4.70. The molecule has 0 N–H and O–H groups in total. The second-order valence-electron chi connectivity index (χ2n) is 5.25. The summed E-state index contributed by atoms with van der Waals surface area (Å²) in [7, 11) is 4.19. The summed E-state index contributed by atoms with van der Waals surface area (Å²) in [5.74, 6) is 1.08. The molecule has 4 heteroatoms. The lowest BCUT2D eigenvalue weighted by atomic mass is 10.1. The predicted octanol–water partition coefficient (Wildman–Crippen LogP) is 1.66. The van der Waals surface area contributed by atoms with Crippen molar-refractivity contribution in [1.29, 1.82) is 0 Å². The van der Waals surface area contributed by atoms with E-state index in [1.165, 1.54) is 11.1 Å². The zero-order valence-electron chi connectivity index (χ0n) is 11.1. The van der Waals surface area contributed by atoms with E-state index in [0.29, 0.717) is 6.04 Å². The van der Waals surface area contributed by atoms with Crippen LogP contribution in [0.1, 0.15) is 11.1 Å². The first-order chi connectivity index (χ1) is 8.65. The maximum absolute atomic E-state index is 4.70. The first kappa shape index (κ1) is 11.4. The number of hydrogen-bond acceptors (Lipinski definition) is 4. The monoisotopic (exact) mass is 242 g/mol. The standard InChI is InChI=1S/C14H18N4/c1-10-4-5-13-12(6-10)14-15-7-11(8-17(2)3)18(14)9-16-13/h4-6,9,11H,7-8H2,1-3H3. The summed E-state index contributed by atoms with van der Waals surface area (Å²) >= 11 is 0. The van der Waals surface area contributed by atoms with Crippen molar-refractivity contribution in [2.75, 3.05) is 27.2 Å². The number of amidine groups is 1. The van der Waals surface area contributed by atoms with Crippen molar-refractivity contribution in [3.05, 3.63) is 29.3 Å². The Bertz CT molecular complexity index is 531. The molecule has 1 unspecified atom stereocenters. The SMILES string of the molecule is Cc1ccc2c(c1)C1=NCC(CN(C)C)N1C=N2. The minimum Gasteiger partial charge on any atom is -0.311 e. The van der Waals surface area contributed by atoms with Crippen molar-refractivity contribution in [2.45, 2.75) is 13.0 Å². The van der Waals surface area contributed by atoms with E-state index in [1.807, 2.05) is 6.34 Å². The summed E-state index contributed by atoms with van der Waals surface area (Å²) in [6, 6.07) is 6.75. The molecule has 2 aliphatic rings. The van der Waals surface area contributed by atoms with Gasteiger partial charge in [-0.15, -0.1) is 0 Å². The molecule has 0 amide bonds. The third-order valence-corrected chi connectivity index (χ3v) is 3.38. The summed E-state index contributed by atoms with van der Waals surface area (Å²) in [4.78, 5) is 13.6. The molecule has 1 aromatic carbocycles. The second kappa shape index (κ2) is 4.21. The van der Waals surface area contributed by atoms with Crippen LogP contribution in [0.3, 0.4) is 0 Å². The van der Waals surface area contributed by atoms with Crippen LogP contribution in [0.15, 0.2) is 28.2 Å². The number of benzene rings is 1. The Hall–Kier alpha value is -1.68. The highest BCUT2D eigenvalue weighted by Crippen LogP contribution is 2.29. The summed E-state index contributed by atoms with van der Waals surface area (Å²) in [5.41, 5.74) is 3.45. The number of aryl methyl sites for hydroxylation is 1. The molecule has 1 atom stereocenters. The minimum atomic E-state index is 0.410. The van der Waals surface area contributed by atoms with Gasteiger partial charge in [-0.3, -0.25) is 4.99 Å². The van der Waals surface area contributed by atoms with Gasteiger partial charge in [-0.25, -0.2) is 4.99 Å². The topological polar surface area (TPSA) is 31.2 Å². The summed E-state index contributed by atoms with van der Waals surface area (Å²) in [6.45, 7) is 3.96. The first-order valence-electron chi connectivity index (χ1n) is 6.28. The van der Waals surface area contributed by atoms with E-state index in [2.05, 4.69) is 54.0 Å². The number of aliphatic imine (C=N–C) groups is 2. The molecule has 0 bridgehead atoms. The van der Waals surface area contributed by atoms with Gasteiger partial charge in [0.25, 0.3) is 0 Å². The van der Waals surface area contributed by atoms with Gasteiger partial charge in [0.2, 0.25) is 0 Å². The Morgan fingerprint density at radius 1 is 1.39 bits per heavy atom. The Labute approximate surface area is 108 Å². The van der Waals surface area contributed by atoms with Crippen LogP contribution in [0.25, 0.3) is 0 Å². The highest BCUT2D eigenvalue weighted by molar-refractivity contribution is 6.11. The summed E-state index contributed by atoms with van der Waals surface area (Å²) < 4.78 is 0. The molecule has 0 fully saturated rings. The van der Waals surface area contributed by atoms with Gasteiger partial charge in [0.15, 0.2) is 0 Å². The number of fused-ring (bicyclic) bond motifs is 3. The van der Waals surface area contributed by atoms with Crippen molar-refractivity contribution in [2.24, 2.45) is 9.98 Å². The van der Waals surface area contributed by atoms with E-state index in [1.54, 1.807) is 0 Å². The third-order valence-electron chi connectivity index (χ3n) is 3.38. The fourth-order valence-electron chi connectivity index (χ4n) is 2.54. The van der Waals surface area contributed by atoms with E-state index in [-0.39, 0.29) is 0 Å². The molecular weight excluding hydrogens is 224 g/mol. The van der Waals surface area contributed by atoms with Crippen LogP contribution in [-0.4, -0.2) is 55.2 Å². The van der Waals surface area contributed by atoms with Gasteiger partial charge in [-0.2, -0.15) is 0 Å². The van der Waals surface area contributed by atoms with Gasteiger partial charge in [-0.1, -0.05) is 11.6 Å². The first-order valence-corrected chi connectivity index (χ1v) is 6.28. The Kier molecular flexibility index (Phi) is 2.67. The Morgan fingerprint density at radius 3 is 3.00 bits per heavy atom. The zero-order chi connectivity index (χ0) is 12.7. The fourth-order valence-corrected chi connectivity index (χ4v) is 2.54. The Balaban J connectivity index is 1.94. The molecule has 18 heavy (non-hydrogen) atoms. The lowest BCUT2D eigenvalue weighted by Crippen LogP contribution is -2.43. The zero-order valence-corrected chi connectivity index (χ0v) is 11.1. The molecule has 2 heterocycles. The molecule has 1 aromatic rings. The highest BCUT2D eigenvalue weighted by Gasteiger charge is 2.31. The van der Waals surface area contributed by atoms with Crippen molar-refractivity contribution in [1.82, 2.24) is 9.80 Å². The molecular formula is C14H18N4. The van der Waals surface area contributed by atoms with Gasteiger partial charge >= 0.3 is 0 Å². The number of likely N-dealkylation sites (N-methyl/N-ethyl adjacent to an activating group) is 1. The van der Waals surface area contributed by atoms with Crippen LogP contribution in [0.4, 0.5) is 5.69 Å². The molecule has 0 radical (unpaired) electrons. The number of nitrogens with zero attached hydrogens (tertiary/aromatic N) is 4. The molecule has 4 nitrogen and oxygen atoms in total. The average Bonchev–Trinajstić information content (AvgIpc) is 2.72. The Morgan fingerprint density at radius 2 is 2.22 bits per heavy atom. The summed E-state index contributed by atoms with van der Waals surface area (Å²) in [6.07, 6.45) is 1.93. The van der Waals surface area contributed by atoms with Crippen molar-refractivity contribution < 1.29 is 0 Å². The van der Waals surface area contributed by atoms with Crippen LogP contribution < -0.4 is 0 Å².